The van der Waals surface area contributed by atoms with Crippen molar-refractivity contribution in [3.8, 4) is 5.75 Å². The Hall–Kier alpha value is -1.12. The summed E-state index contributed by atoms with van der Waals surface area (Å²) in [6.45, 7) is 0. The third kappa shape index (κ3) is 2.65. The van der Waals surface area contributed by atoms with Gasteiger partial charge >= 0.3 is 0 Å². The van der Waals surface area contributed by atoms with Gasteiger partial charge in [0.2, 0.25) is 0 Å². The van der Waals surface area contributed by atoms with Crippen LogP contribution in [0.2, 0.25) is 0 Å². The molecule has 1 aromatic carbocycles. The lowest BCUT2D eigenvalue weighted by Crippen LogP contribution is -2.13. The van der Waals surface area contributed by atoms with E-state index in [-0.39, 0.29) is 15.6 Å². The number of phenolic OH excluding ortho intramolecular Hbond substituents is 1. The molecule has 0 radical (unpaired) electrons. The number of benzene rings is 1. The number of hydrogen-bond donors (Lipinski definition) is 2. The summed E-state index contributed by atoms with van der Waals surface area (Å²) in [6, 6.07) is 4.78. The summed E-state index contributed by atoms with van der Waals surface area (Å²) in [5.74, 6) is -1.11. The molecule has 18 heavy (non-hydrogen) atoms. The largest absolute Gasteiger partial charge is 0.508 e. The first-order valence-corrected chi connectivity index (χ1v) is 7.80. The van der Waals surface area contributed by atoms with Crippen LogP contribution in [0.25, 0.3) is 0 Å². The highest BCUT2D eigenvalue weighted by Crippen LogP contribution is 2.30. The first-order chi connectivity index (χ1) is 8.40. The molecule has 0 aliphatic carbocycles. The van der Waals surface area contributed by atoms with Crippen molar-refractivity contribution in [2.75, 3.05) is 4.72 Å². The number of nitrogens with one attached hydrogen (secondary N) is 1. The summed E-state index contributed by atoms with van der Waals surface area (Å²) < 4.78 is 40.0. The summed E-state index contributed by atoms with van der Waals surface area (Å²) >= 11 is 4.12. The fourth-order valence-corrected chi connectivity index (χ4v) is 4.66. The van der Waals surface area contributed by atoms with Crippen LogP contribution in [-0.2, 0) is 10.0 Å². The van der Waals surface area contributed by atoms with E-state index in [9.17, 15) is 12.8 Å². The number of halogens is 2. The predicted molar refractivity (Wildman–Crippen MR) is 70.9 cm³/mol. The maximum atomic E-state index is 13.4. The lowest BCUT2D eigenvalue weighted by Gasteiger charge is -2.08. The molecule has 0 aliphatic heterocycles. The van der Waals surface area contributed by atoms with E-state index >= 15 is 0 Å². The highest BCUT2D eigenvalue weighted by Gasteiger charge is 2.20. The van der Waals surface area contributed by atoms with Gasteiger partial charge in [0, 0.05) is 10.5 Å². The maximum Gasteiger partial charge on any atom is 0.272 e. The predicted octanol–water partition coefficient (Wildman–Crippen LogP) is 3.16. The summed E-state index contributed by atoms with van der Waals surface area (Å²) in [7, 11) is -3.84. The summed E-state index contributed by atoms with van der Waals surface area (Å²) in [5.41, 5.74) is -0.215. The van der Waals surface area contributed by atoms with E-state index in [1.54, 1.807) is 11.4 Å². The minimum Gasteiger partial charge on any atom is -0.508 e. The molecule has 4 nitrogen and oxygen atoms in total. The maximum absolute atomic E-state index is 13.4. The number of aromatic hydroxyl groups is 1. The van der Waals surface area contributed by atoms with Crippen LogP contribution in [0.4, 0.5) is 10.1 Å². The van der Waals surface area contributed by atoms with Crippen LogP contribution >= 0.6 is 27.3 Å². The second kappa shape index (κ2) is 4.87. The number of phenols is 1. The van der Waals surface area contributed by atoms with Gasteiger partial charge in [0.05, 0.1) is 5.69 Å². The van der Waals surface area contributed by atoms with E-state index in [0.29, 0.717) is 4.47 Å². The van der Waals surface area contributed by atoms with Crippen LogP contribution in [-0.4, -0.2) is 13.5 Å². The van der Waals surface area contributed by atoms with Crippen LogP contribution in [0.5, 0.6) is 5.75 Å². The van der Waals surface area contributed by atoms with Crippen molar-refractivity contribution in [3.63, 3.8) is 0 Å². The van der Waals surface area contributed by atoms with Crippen LogP contribution in [0.3, 0.4) is 0 Å². The first kappa shape index (κ1) is 13.3. The van der Waals surface area contributed by atoms with Crippen molar-refractivity contribution in [3.05, 3.63) is 39.9 Å². The lowest BCUT2D eigenvalue weighted by molar-refractivity contribution is 0.469. The zero-order chi connectivity index (χ0) is 13.3. The van der Waals surface area contributed by atoms with E-state index in [1.807, 2.05) is 0 Å². The van der Waals surface area contributed by atoms with Crippen molar-refractivity contribution in [1.29, 1.82) is 0 Å². The van der Waals surface area contributed by atoms with E-state index < -0.39 is 15.8 Å². The highest BCUT2D eigenvalue weighted by molar-refractivity contribution is 9.10. The van der Waals surface area contributed by atoms with E-state index in [1.165, 1.54) is 6.07 Å². The van der Waals surface area contributed by atoms with Gasteiger partial charge in [0.1, 0.15) is 5.75 Å². The molecule has 1 aromatic heterocycles. The van der Waals surface area contributed by atoms with Crippen LogP contribution in [0.15, 0.2) is 38.3 Å². The minimum atomic E-state index is -3.84. The van der Waals surface area contributed by atoms with Gasteiger partial charge in [0.15, 0.2) is 10.0 Å². The molecule has 0 saturated heterocycles. The van der Waals surface area contributed by atoms with Crippen LogP contribution in [0.1, 0.15) is 0 Å². The Morgan fingerprint density at radius 3 is 2.61 bits per heavy atom. The fraction of sp³-hybridized carbons (Fsp3) is 0. The Bertz CT molecular complexity index is 684. The fourth-order valence-electron chi connectivity index (χ4n) is 1.25. The monoisotopic (exact) mass is 351 g/mol. The van der Waals surface area contributed by atoms with Gasteiger partial charge in [-0.2, -0.15) is 0 Å². The lowest BCUT2D eigenvalue weighted by atomic mass is 10.3. The number of thiophene rings is 1. The molecule has 1 heterocycles. The molecule has 0 unspecified atom stereocenters. The van der Waals surface area contributed by atoms with Gasteiger partial charge in [-0.25, -0.2) is 12.8 Å². The molecule has 2 N–H and O–H groups in total. The molecule has 2 aromatic rings. The molecule has 0 fully saturated rings. The van der Waals surface area contributed by atoms with E-state index in [0.717, 1.165) is 23.5 Å². The quantitative estimate of drug-likeness (QED) is 0.834. The summed E-state index contributed by atoms with van der Waals surface area (Å²) in [5, 5.41) is 10.6. The average molecular weight is 352 g/mol. The van der Waals surface area contributed by atoms with Crippen molar-refractivity contribution in [1.82, 2.24) is 0 Å². The number of rotatable bonds is 3. The molecular weight excluding hydrogens is 345 g/mol. The SMILES string of the molecule is O=S(=O)(Nc1ccc(O)cc1F)c1sccc1Br. The van der Waals surface area contributed by atoms with Gasteiger partial charge < -0.3 is 5.11 Å². The average Bonchev–Trinajstić information content (AvgIpc) is 2.69. The van der Waals surface area contributed by atoms with Crippen molar-refractivity contribution in [2.45, 2.75) is 4.21 Å². The van der Waals surface area contributed by atoms with E-state index in [4.69, 9.17) is 5.11 Å². The number of anilines is 1. The molecule has 0 spiro atoms. The highest BCUT2D eigenvalue weighted by atomic mass is 79.9. The molecule has 0 amide bonds. The third-order valence-corrected chi connectivity index (χ3v) is 6.06. The van der Waals surface area contributed by atoms with Crippen molar-refractivity contribution < 1.29 is 17.9 Å². The standard InChI is InChI=1S/C10H7BrFNO3S2/c11-7-3-4-17-10(7)18(15,16)13-9-2-1-6(14)5-8(9)12/h1-5,13-14H. The van der Waals surface area contributed by atoms with Gasteiger partial charge in [0.25, 0.3) is 10.0 Å². The summed E-state index contributed by atoms with van der Waals surface area (Å²) in [6.07, 6.45) is 0. The Labute approximate surface area is 115 Å². The molecule has 0 saturated carbocycles. The number of sulfonamides is 1. The Balaban J connectivity index is 2.37. The Morgan fingerprint density at radius 1 is 1.33 bits per heavy atom. The zero-order valence-corrected chi connectivity index (χ0v) is 11.9. The molecule has 2 rings (SSSR count). The smallest absolute Gasteiger partial charge is 0.272 e. The zero-order valence-electron chi connectivity index (χ0n) is 8.72. The molecular formula is C10H7BrFNO3S2. The minimum absolute atomic E-state index is 0.0648. The van der Waals surface area contributed by atoms with E-state index in [2.05, 4.69) is 20.7 Å². The van der Waals surface area contributed by atoms with Crippen LogP contribution < -0.4 is 4.72 Å². The Kier molecular flexibility index (Phi) is 3.60. The second-order valence-electron chi connectivity index (χ2n) is 3.33. The second-order valence-corrected chi connectivity index (χ2v) is 6.97. The molecule has 0 atom stereocenters. The third-order valence-electron chi connectivity index (χ3n) is 2.03. The molecule has 96 valence electrons. The van der Waals surface area contributed by atoms with Gasteiger partial charge in [-0.15, -0.1) is 11.3 Å². The molecule has 0 aliphatic rings. The molecule has 0 bridgehead atoms. The normalized spacial score (nSPS) is 11.4. The van der Waals surface area contributed by atoms with Crippen molar-refractivity contribution >= 4 is 43.0 Å². The van der Waals surface area contributed by atoms with Crippen LogP contribution in [0, 0.1) is 5.82 Å². The number of hydrogen-bond acceptors (Lipinski definition) is 4. The summed E-state index contributed by atoms with van der Waals surface area (Å²) in [4.78, 5) is 0. The first-order valence-electron chi connectivity index (χ1n) is 4.64. The van der Waals surface area contributed by atoms with Crippen molar-refractivity contribution in [2.24, 2.45) is 0 Å². The van der Waals surface area contributed by atoms with Gasteiger partial charge in [-0.3, -0.25) is 4.72 Å². The molecule has 8 heteroatoms. The topological polar surface area (TPSA) is 66.4 Å². The van der Waals surface area contributed by atoms with Gasteiger partial charge in [-0.05, 0) is 39.5 Å². The van der Waals surface area contributed by atoms with Gasteiger partial charge in [-0.1, -0.05) is 0 Å². The Morgan fingerprint density at radius 2 is 2.06 bits per heavy atom.